The normalized spacial score (nSPS) is 21.9. The van der Waals surface area contributed by atoms with Crippen molar-refractivity contribution < 1.29 is 9.90 Å². The van der Waals surface area contributed by atoms with Crippen molar-refractivity contribution in [3.63, 3.8) is 0 Å². The maximum Gasteiger partial charge on any atom is 0.257 e. The second kappa shape index (κ2) is 5.55. The molecule has 1 amide bonds. The molecule has 6 heteroatoms. The zero-order valence-electron chi connectivity index (χ0n) is 10.7. The molecule has 0 radical (unpaired) electrons. The first-order valence-electron chi connectivity index (χ1n) is 6.29. The summed E-state index contributed by atoms with van der Waals surface area (Å²) < 4.78 is 0. The van der Waals surface area contributed by atoms with E-state index in [4.69, 9.17) is 0 Å². The zero-order valence-corrected chi connectivity index (χ0v) is 12.3. The first-order valence-corrected chi connectivity index (χ1v) is 8.32. The smallest absolute Gasteiger partial charge is 0.257 e. The molecule has 0 bridgehead atoms. The second-order valence-corrected chi connectivity index (χ2v) is 6.71. The first-order chi connectivity index (χ1) is 9.67. The Morgan fingerprint density at radius 2 is 2.35 bits per heavy atom. The minimum absolute atomic E-state index is 0.321. The molecular formula is C14H14N2O2S2. The van der Waals surface area contributed by atoms with E-state index in [9.17, 15) is 9.90 Å². The predicted molar refractivity (Wildman–Crippen MR) is 83.1 cm³/mol. The Morgan fingerprint density at radius 3 is 3.05 bits per heavy atom. The summed E-state index contributed by atoms with van der Waals surface area (Å²) >= 11 is 3.15. The highest BCUT2D eigenvalue weighted by Crippen LogP contribution is 2.30. The molecule has 3 rings (SSSR count). The molecule has 1 unspecified atom stereocenters. The van der Waals surface area contributed by atoms with Gasteiger partial charge in [0.1, 0.15) is 5.01 Å². The molecule has 2 N–H and O–H groups in total. The third-order valence-electron chi connectivity index (χ3n) is 3.22. The van der Waals surface area contributed by atoms with Crippen LogP contribution >= 0.6 is 23.1 Å². The highest BCUT2D eigenvalue weighted by Gasteiger charge is 2.39. The molecule has 0 spiro atoms. The van der Waals surface area contributed by atoms with E-state index < -0.39 is 5.60 Å². The minimum atomic E-state index is -1.23. The average molecular weight is 306 g/mol. The zero-order chi connectivity index (χ0) is 14.0. The van der Waals surface area contributed by atoms with Gasteiger partial charge in [0, 0.05) is 28.6 Å². The maximum atomic E-state index is 12.1. The highest BCUT2D eigenvalue weighted by atomic mass is 32.2. The number of nitrogens with one attached hydrogen (secondary N) is 1. The van der Waals surface area contributed by atoms with E-state index in [1.807, 2.05) is 29.6 Å². The van der Waals surface area contributed by atoms with Gasteiger partial charge in [0.15, 0.2) is 5.60 Å². The molecule has 4 nitrogen and oxygen atoms in total. The molecule has 1 aromatic heterocycles. The summed E-state index contributed by atoms with van der Waals surface area (Å²) in [5.74, 6) is 0.965. The van der Waals surface area contributed by atoms with Gasteiger partial charge in [-0.3, -0.25) is 4.79 Å². The number of hydrogen-bond acceptors (Lipinski definition) is 5. The maximum absolute atomic E-state index is 12.1. The van der Waals surface area contributed by atoms with Crippen molar-refractivity contribution in [2.24, 2.45) is 0 Å². The highest BCUT2D eigenvalue weighted by molar-refractivity contribution is 7.99. The first kappa shape index (κ1) is 13.6. The number of benzene rings is 1. The Kier molecular flexibility index (Phi) is 3.78. The molecule has 1 atom stereocenters. The van der Waals surface area contributed by atoms with E-state index in [1.165, 1.54) is 0 Å². The molecule has 0 saturated carbocycles. The van der Waals surface area contributed by atoms with Crippen molar-refractivity contribution in [2.75, 3.05) is 16.8 Å². The van der Waals surface area contributed by atoms with Crippen molar-refractivity contribution in [1.29, 1.82) is 0 Å². The number of anilines is 1. The SMILES string of the molecule is O=C(Nc1cccc(-c2nccs2)c1)C1(O)CCSC1. The number of thiazole rings is 1. The van der Waals surface area contributed by atoms with Crippen LogP contribution in [0, 0.1) is 0 Å². The van der Waals surface area contributed by atoms with Crippen molar-refractivity contribution in [2.45, 2.75) is 12.0 Å². The van der Waals surface area contributed by atoms with Gasteiger partial charge in [0.05, 0.1) is 0 Å². The topological polar surface area (TPSA) is 62.2 Å². The molecule has 1 aromatic carbocycles. The number of hydrogen-bond donors (Lipinski definition) is 2. The molecule has 1 saturated heterocycles. The van der Waals surface area contributed by atoms with Gasteiger partial charge in [-0.2, -0.15) is 11.8 Å². The van der Waals surface area contributed by atoms with E-state index in [-0.39, 0.29) is 5.91 Å². The summed E-state index contributed by atoms with van der Waals surface area (Å²) in [6, 6.07) is 7.52. The lowest BCUT2D eigenvalue weighted by atomic mass is 10.0. The Morgan fingerprint density at radius 1 is 1.45 bits per heavy atom. The van der Waals surface area contributed by atoms with Gasteiger partial charge >= 0.3 is 0 Å². The second-order valence-electron chi connectivity index (χ2n) is 4.71. The largest absolute Gasteiger partial charge is 0.379 e. The van der Waals surface area contributed by atoms with E-state index in [2.05, 4.69) is 10.3 Å². The van der Waals surface area contributed by atoms with Crippen LogP contribution in [-0.4, -0.2) is 33.1 Å². The predicted octanol–water partition coefficient (Wildman–Crippen LogP) is 2.62. The van der Waals surface area contributed by atoms with Crippen LogP contribution in [0.1, 0.15) is 6.42 Å². The van der Waals surface area contributed by atoms with Gasteiger partial charge in [0.2, 0.25) is 0 Å². The van der Waals surface area contributed by atoms with Crippen LogP contribution in [-0.2, 0) is 4.79 Å². The molecule has 2 heterocycles. The summed E-state index contributed by atoms with van der Waals surface area (Å²) in [4.78, 5) is 16.4. The van der Waals surface area contributed by atoms with E-state index in [1.54, 1.807) is 29.3 Å². The van der Waals surface area contributed by atoms with Gasteiger partial charge in [0.25, 0.3) is 5.91 Å². The van der Waals surface area contributed by atoms with Gasteiger partial charge in [-0.1, -0.05) is 12.1 Å². The number of nitrogens with zero attached hydrogens (tertiary/aromatic N) is 1. The molecule has 1 aliphatic heterocycles. The number of carbonyl (C=O) groups excluding carboxylic acids is 1. The lowest BCUT2D eigenvalue weighted by molar-refractivity contribution is -0.131. The van der Waals surface area contributed by atoms with Crippen LogP contribution in [0.3, 0.4) is 0 Å². The summed E-state index contributed by atoms with van der Waals surface area (Å²) in [7, 11) is 0. The third kappa shape index (κ3) is 2.72. The molecule has 0 aliphatic carbocycles. The number of amides is 1. The van der Waals surface area contributed by atoms with Crippen LogP contribution in [0.15, 0.2) is 35.8 Å². The standard InChI is InChI=1S/C14H14N2O2S2/c17-13(14(18)4-6-19-9-14)16-11-3-1-2-10(8-11)12-15-5-7-20-12/h1-3,5,7-8,18H,4,6,9H2,(H,16,17). The molecule has 1 aliphatic rings. The minimum Gasteiger partial charge on any atom is -0.379 e. The van der Waals surface area contributed by atoms with Gasteiger partial charge in [-0.05, 0) is 24.3 Å². The van der Waals surface area contributed by atoms with Crippen LogP contribution in [0.4, 0.5) is 5.69 Å². The fourth-order valence-corrected chi connectivity index (χ4v) is 3.95. The van der Waals surface area contributed by atoms with Crippen molar-refractivity contribution >= 4 is 34.7 Å². The van der Waals surface area contributed by atoms with E-state index in [0.717, 1.165) is 16.3 Å². The summed E-state index contributed by atoms with van der Waals surface area (Å²) in [6.45, 7) is 0. The average Bonchev–Trinajstić information content (AvgIpc) is 3.11. The monoisotopic (exact) mass is 306 g/mol. The molecular weight excluding hydrogens is 292 g/mol. The van der Waals surface area contributed by atoms with Gasteiger partial charge < -0.3 is 10.4 Å². The van der Waals surface area contributed by atoms with Crippen molar-refractivity contribution in [3.05, 3.63) is 35.8 Å². The number of carbonyl (C=O) groups is 1. The van der Waals surface area contributed by atoms with Crippen LogP contribution < -0.4 is 5.32 Å². The Balaban J connectivity index is 1.78. The van der Waals surface area contributed by atoms with Crippen LogP contribution in [0.2, 0.25) is 0 Å². The molecule has 20 heavy (non-hydrogen) atoms. The molecule has 2 aromatic rings. The Bertz CT molecular complexity index is 607. The number of aromatic nitrogens is 1. The quantitative estimate of drug-likeness (QED) is 0.915. The third-order valence-corrected chi connectivity index (χ3v) is 5.22. The summed E-state index contributed by atoms with van der Waals surface area (Å²) in [6.07, 6.45) is 2.26. The van der Waals surface area contributed by atoms with Gasteiger partial charge in [-0.15, -0.1) is 11.3 Å². The van der Waals surface area contributed by atoms with E-state index in [0.29, 0.717) is 17.9 Å². The van der Waals surface area contributed by atoms with Gasteiger partial charge in [-0.25, -0.2) is 4.98 Å². The fourth-order valence-electron chi connectivity index (χ4n) is 2.08. The lowest BCUT2D eigenvalue weighted by Gasteiger charge is -2.20. The summed E-state index contributed by atoms with van der Waals surface area (Å²) in [5.41, 5.74) is 0.417. The number of thioether (sulfide) groups is 1. The Hall–Kier alpha value is -1.37. The van der Waals surface area contributed by atoms with Crippen LogP contribution in [0.25, 0.3) is 10.6 Å². The number of aliphatic hydroxyl groups is 1. The van der Waals surface area contributed by atoms with Crippen molar-refractivity contribution in [1.82, 2.24) is 4.98 Å². The van der Waals surface area contributed by atoms with Crippen LogP contribution in [0.5, 0.6) is 0 Å². The Labute approximate surface area is 125 Å². The summed E-state index contributed by atoms with van der Waals surface area (Å²) in [5, 5.41) is 15.9. The molecule has 104 valence electrons. The van der Waals surface area contributed by atoms with E-state index >= 15 is 0 Å². The lowest BCUT2D eigenvalue weighted by Crippen LogP contribution is -2.42. The number of rotatable bonds is 3. The van der Waals surface area contributed by atoms with Crippen molar-refractivity contribution in [3.8, 4) is 10.6 Å². The fraction of sp³-hybridized carbons (Fsp3) is 0.286. The molecule has 1 fully saturated rings.